The van der Waals surface area contributed by atoms with Crippen molar-refractivity contribution in [3.63, 3.8) is 0 Å². The van der Waals surface area contributed by atoms with E-state index in [1.54, 1.807) is 16.6 Å². The molecule has 7 nitrogen and oxygen atoms in total. The summed E-state index contributed by atoms with van der Waals surface area (Å²) < 4.78 is 34.6. The van der Waals surface area contributed by atoms with Crippen LogP contribution < -0.4 is 10.9 Å². The highest BCUT2D eigenvalue weighted by molar-refractivity contribution is 7.89. The number of aromatic amines is 1. The van der Waals surface area contributed by atoms with E-state index in [1.807, 2.05) is 43.3 Å². The fraction of sp³-hybridized carbons (Fsp3) is 0.414. The predicted octanol–water partition coefficient (Wildman–Crippen LogP) is 4.23. The molecule has 3 heterocycles. The van der Waals surface area contributed by atoms with Crippen LogP contribution in [0.2, 0.25) is 0 Å². The Morgan fingerprint density at radius 3 is 2.43 bits per heavy atom. The van der Waals surface area contributed by atoms with Crippen LogP contribution in [0.3, 0.4) is 0 Å². The summed E-state index contributed by atoms with van der Waals surface area (Å²) in [4.78, 5) is 14.4. The number of pyridine rings is 1. The second kappa shape index (κ2) is 10.9. The Morgan fingerprint density at radius 2 is 1.73 bits per heavy atom. The molecule has 0 unspecified atom stereocenters. The molecule has 37 heavy (non-hydrogen) atoms. The molecule has 2 saturated heterocycles. The van der Waals surface area contributed by atoms with Gasteiger partial charge >= 0.3 is 0 Å². The summed E-state index contributed by atoms with van der Waals surface area (Å²) in [6, 6.07) is 21.4. The van der Waals surface area contributed by atoms with Gasteiger partial charge in [0.2, 0.25) is 15.6 Å². The van der Waals surface area contributed by atoms with Crippen molar-refractivity contribution < 1.29 is 13.2 Å². The lowest BCUT2D eigenvalue weighted by Gasteiger charge is -2.39. The molecule has 5 rings (SSSR count). The van der Waals surface area contributed by atoms with Crippen molar-refractivity contribution in [2.45, 2.75) is 62.5 Å². The number of sulfonamides is 1. The van der Waals surface area contributed by atoms with Crippen LogP contribution in [-0.2, 0) is 33.4 Å². The predicted molar refractivity (Wildman–Crippen MR) is 144 cm³/mol. The maximum absolute atomic E-state index is 13.6. The molecule has 8 heteroatoms. The molecule has 2 fully saturated rings. The molecule has 3 aromatic rings. The second-order valence-corrected chi connectivity index (χ2v) is 12.3. The maximum Gasteiger partial charge on any atom is 0.248 e. The largest absolute Gasteiger partial charge is 0.381 e. The summed E-state index contributed by atoms with van der Waals surface area (Å²) in [6.45, 7) is 4.27. The lowest BCUT2D eigenvalue weighted by atomic mass is 9.82. The average molecular weight is 522 g/mol. The molecule has 2 N–H and O–H groups in total. The van der Waals surface area contributed by atoms with E-state index in [2.05, 4.69) is 34.6 Å². The number of aromatic nitrogens is 1. The SMILES string of the molecule is C[C@H]1CC[C@H](c2ccccc2)S(=O)(=O)N1Cc1ccc(C2(NCc3cc[nH]c(=O)c3)CCOCC2)cc1. The summed E-state index contributed by atoms with van der Waals surface area (Å²) in [5.41, 5.74) is 3.56. The van der Waals surface area contributed by atoms with Crippen molar-refractivity contribution in [1.82, 2.24) is 14.6 Å². The van der Waals surface area contributed by atoms with Crippen molar-refractivity contribution in [3.05, 3.63) is 106 Å². The van der Waals surface area contributed by atoms with Gasteiger partial charge in [0.15, 0.2) is 0 Å². The second-order valence-electron chi connectivity index (χ2n) is 10.2. The van der Waals surface area contributed by atoms with Gasteiger partial charge in [-0.15, -0.1) is 0 Å². The van der Waals surface area contributed by atoms with Crippen LogP contribution in [0.15, 0.2) is 77.7 Å². The Labute approximate surface area is 218 Å². The van der Waals surface area contributed by atoms with Crippen LogP contribution in [-0.4, -0.2) is 37.0 Å². The Bertz CT molecular complexity index is 1350. The third-order valence-corrected chi connectivity index (χ3v) is 10.2. The van der Waals surface area contributed by atoms with Gasteiger partial charge < -0.3 is 15.0 Å². The molecule has 0 bridgehead atoms. The summed E-state index contributed by atoms with van der Waals surface area (Å²) >= 11 is 0. The molecule has 0 amide bonds. The van der Waals surface area contributed by atoms with E-state index in [1.165, 1.54) is 0 Å². The minimum Gasteiger partial charge on any atom is -0.381 e. The minimum absolute atomic E-state index is 0.0397. The summed E-state index contributed by atoms with van der Waals surface area (Å²) in [7, 11) is -3.47. The highest BCUT2D eigenvalue weighted by atomic mass is 32.2. The molecule has 0 spiro atoms. The normalized spacial score (nSPS) is 23.5. The number of H-pyrrole nitrogens is 1. The smallest absolute Gasteiger partial charge is 0.248 e. The first-order valence-corrected chi connectivity index (χ1v) is 14.5. The van der Waals surface area contributed by atoms with Crippen LogP contribution in [0.25, 0.3) is 0 Å². The van der Waals surface area contributed by atoms with Crippen LogP contribution in [0.1, 0.15) is 60.1 Å². The van der Waals surface area contributed by atoms with Gasteiger partial charge in [-0.1, -0.05) is 54.6 Å². The Kier molecular flexibility index (Phi) is 7.62. The van der Waals surface area contributed by atoms with E-state index in [0.717, 1.165) is 41.5 Å². The molecular formula is C29H35N3O4S. The molecule has 2 aromatic carbocycles. The van der Waals surface area contributed by atoms with Gasteiger partial charge in [-0.3, -0.25) is 4.79 Å². The molecule has 1 aromatic heterocycles. The van der Waals surface area contributed by atoms with Crippen LogP contribution >= 0.6 is 0 Å². The Hall–Kier alpha value is -2.78. The number of benzene rings is 2. The fourth-order valence-corrected chi connectivity index (χ4v) is 7.82. The summed E-state index contributed by atoms with van der Waals surface area (Å²) in [5.74, 6) is 0. The van der Waals surface area contributed by atoms with E-state index in [0.29, 0.717) is 32.7 Å². The first-order valence-electron chi connectivity index (χ1n) is 13.0. The van der Waals surface area contributed by atoms with Crippen LogP contribution in [0, 0.1) is 0 Å². The van der Waals surface area contributed by atoms with E-state index in [-0.39, 0.29) is 17.1 Å². The van der Waals surface area contributed by atoms with Gasteiger partial charge in [0, 0.05) is 50.1 Å². The highest BCUT2D eigenvalue weighted by Crippen LogP contribution is 2.38. The first kappa shape index (κ1) is 25.9. The Morgan fingerprint density at radius 1 is 1.00 bits per heavy atom. The summed E-state index contributed by atoms with van der Waals surface area (Å²) in [6.07, 6.45) is 4.80. The molecule has 2 atom stereocenters. The molecule has 0 radical (unpaired) electrons. The van der Waals surface area contributed by atoms with Gasteiger partial charge in [-0.25, -0.2) is 8.42 Å². The standard InChI is InChI=1S/C29H35N3O4S/c1-22-7-12-27(25-5-3-2-4-6-25)37(34,35)32(22)21-23-8-10-26(11-9-23)29(14-17-36-18-15-29)31-20-24-13-16-30-28(33)19-24/h2-6,8-11,13,16,19,22,27,31H,7,12,14-15,17-18,20-21H2,1H3,(H,30,33)/t22-,27+/m0/s1. The monoisotopic (exact) mass is 521 g/mol. The van der Waals surface area contributed by atoms with Crippen molar-refractivity contribution in [3.8, 4) is 0 Å². The third-order valence-electron chi connectivity index (χ3n) is 7.86. The van der Waals surface area contributed by atoms with Gasteiger partial charge in [0.25, 0.3) is 0 Å². The number of ether oxygens (including phenoxy) is 1. The van der Waals surface area contributed by atoms with E-state index >= 15 is 0 Å². The third kappa shape index (κ3) is 5.57. The quantitative estimate of drug-likeness (QED) is 0.486. The number of nitrogens with zero attached hydrogens (tertiary/aromatic N) is 1. The van der Waals surface area contributed by atoms with Gasteiger partial charge in [-0.2, -0.15) is 4.31 Å². The topological polar surface area (TPSA) is 91.5 Å². The zero-order chi connectivity index (χ0) is 25.9. The maximum atomic E-state index is 13.6. The molecule has 0 saturated carbocycles. The fourth-order valence-electron chi connectivity index (χ4n) is 5.62. The summed E-state index contributed by atoms with van der Waals surface area (Å²) in [5, 5.41) is 3.20. The van der Waals surface area contributed by atoms with Gasteiger partial charge in [-0.05, 0) is 60.9 Å². The van der Waals surface area contributed by atoms with Crippen molar-refractivity contribution >= 4 is 10.0 Å². The minimum atomic E-state index is -3.47. The zero-order valence-corrected chi connectivity index (χ0v) is 22.0. The zero-order valence-electron chi connectivity index (χ0n) is 21.2. The average Bonchev–Trinajstić information content (AvgIpc) is 2.91. The van der Waals surface area contributed by atoms with Crippen LogP contribution in [0.5, 0.6) is 0 Å². The van der Waals surface area contributed by atoms with Gasteiger partial charge in [0.1, 0.15) is 5.25 Å². The number of nitrogens with one attached hydrogen (secondary N) is 2. The van der Waals surface area contributed by atoms with Crippen LogP contribution in [0.4, 0.5) is 0 Å². The Balaban J connectivity index is 1.35. The van der Waals surface area contributed by atoms with E-state index in [4.69, 9.17) is 4.74 Å². The molecular weight excluding hydrogens is 486 g/mol. The molecule has 2 aliphatic rings. The van der Waals surface area contributed by atoms with Crippen molar-refractivity contribution in [1.29, 1.82) is 0 Å². The highest BCUT2D eigenvalue weighted by Gasteiger charge is 2.40. The van der Waals surface area contributed by atoms with Gasteiger partial charge in [0.05, 0.1) is 0 Å². The van der Waals surface area contributed by atoms with Crippen molar-refractivity contribution in [2.24, 2.45) is 0 Å². The first-order chi connectivity index (χ1) is 17.9. The van der Waals surface area contributed by atoms with Crippen molar-refractivity contribution in [2.75, 3.05) is 13.2 Å². The van der Waals surface area contributed by atoms with E-state index in [9.17, 15) is 13.2 Å². The lowest BCUT2D eigenvalue weighted by Crippen LogP contribution is -2.46. The number of hydrogen-bond acceptors (Lipinski definition) is 5. The molecule has 2 aliphatic heterocycles. The number of rotatable bonds is 7. The number of hydrogen-bond donors (Lipinski definition) is 2. The molecule has 0 aliphatic carbocycles. The van der Waals surface area contributed by atoms with E-state index < -0.39 is 15.3 Å². The molecule has 196 valence electrons. The lowest BCUT2D eigenvalue weighted by molar-refractivity contribution is 0.0358.